The Morgan fingerprint density at radius 3 is 2.79 bits per heavy atom. The van der Waals surface area contributed by atoms with Crippen molar-refractivity contribution in [3.63, 3.8) is 0 Å². The lowest BCUT2D eigenvalue weighted by molar-refractivity contribution is 0.151. The van der Waals surface area contributed by atoms with Crippen LogP contribution in [0.2, 0.25) is 0 Å². The highest BCUT2D eigenvalue weighted by Crippen LogP contribution is 2.35. The molecule has 124 valence electrons. The molecular formula is C20H22N2O2. The lowest BCUT2D eigenvalue weighted by Crippen LogP contribution is -2.36. The largest absolute Gasteiger partial charge is 0.507 e. The minimum atomic E-state index is 0.288. The lowest BCUT2D eigenvalue weighted by atomic mass is 10.0. The van der Waals surface area contributed by atoms with Crippen LogP contribution in [0.3, 0.4) is 0 Å². The van der Waals surface area contributed by atoms with Gasteiger partial charge in [-0.25, -0.2) is 0 Å². The molecule has 4 rings (SSSR count). The van der Waals surface area contributed by atoms with Crippen LogP contribution in [0.5, 0.6) is 5.75 Å². The summed E-state index contributed by atoms with van der Waals surface area (Å²) in [7, 11) is 0. The molecule has 0 bridgehead atoms. The molecule has 2 heterocycles. The van der Waals surface area contributed by atoms with Gasteiger partial charge in [0.25, 0.3) is 0 Å². The molecule has 24 heavy (non-hydrogen) atoms. The fraction of sp³-hybridized carbons (Fsp3) is 0.350. The first-order valence-electron chi connectivity index (χ1n) is 8.64. The number of fused-ring (bicyclic) bond motifs is 1. The SMILES string of the molecule is CC1CCCCN1Cc1c(O)ccc2c(-c3ccccc3)noc12. The molecule has 1 N–H and O–H groups in total. The second-order valence-corrected chi connectivity index (χ2v) is 6.65. The average Bonchev–Trinajstić information content (AvgIpc) is 3.04. The maximum Gasteiger partial charge on any atom is 0.175 e. The number of hydrogen-bond donors (Lipinski definition) is 1. The first-order chi connectivity index (χ1) is 11.7. The van der Waals surface area contributed by atoms with Crippen molar-refractivity contribution in [2.45, 2.75) is 38.8 Å². The molecule has 0 amide bonds. The van der Waals surface area contributed by atoms with Gasteiger partial charge in [-0.2, -0.15) is 0 Å². The molecule has 1 aliphatic heterocycles. The first kappa shape index (κ1) is 15.2. The molecule has 1 aromatic heterocycles. The van der Waals surface area contributed by atoms with E-state index in [-0.39, 0.29) is 5.75 Å². The summed E-state index contributed by atoms with van der Waals surface area (Å²) in [6, 6.07) is 14.2. The van der Waals surface area contributed by atoms with E-state index < -0.39 is 0 Å². The number of rotatable bonds is 3. The van der Waals surface area contributed by atoms with Crippen molar-refractivity contribution >= 4 is 11.0 Å². The third kappa shape index (κ3) is 2.67. The molecule has 0 aliphatic carbocycles. The van der Waals surface area contributed by atoms with E-state index in [4.69, 9.17) is 4.52 Å². The van der Waals surface area contributed by atoms with Crippen molar-refractivity contribution in [2.75, 3.05) is 6.54 Å². The maximum absolute atomic E-state index is 10.4. The molecule has 3 aromatic rings. The molecule has 4 nitrogen and oxygen atoms in total. The van der Waals surface area contributed by atoms with E-state index in [0.717, 1.165) is 28.8 Å². The maximum atomic E-state index is 10.4. The van der Waals surface area contributed by atoms with Crippen molar-refractivity contribution in [1.82, 2.24) is 10.1 Å². The summed E-state index contributed by atoms with van der Waals surface area (Å²) in [6.07, 6.45) is 3.71. The van der Waals surface area contributed by atoms with Gasteiger partial charge >= 0.3 is 0 Å². The highest BCUT2D eigenvalue weighted by atomic mass is 16.5. The van der Waals surface area contributed by atoms with E-state index in [1.165, 1.54) is 19.3 Å². The lowest BCUT2D eigenvalue weighted by Gasteiger charge is -2.33. The van der Waals surface area contributed by atoms with E-state index in [9.17, 15) is 5.11 Å². The number of benzene rings is 2. The normalized spacial score (nSPS) is 19.0. The zero-order valence-corrected chi connectivity index (χ0v) is 13.9. The number of aromatic nitrogens is 1. The van der Waals surface area contributed by atoms with Crippen LogP contribution in [0.4, 0.5) is 0 Å². The number of likely N-dealkylation sites (tertiary alicyclic amines) is 1. The van der Waals surface area contributed by atoms with Crippen molar-refractivity contribution in [3.05, 3.63) is 48.0 Å². The summed E-state index contributed by atoms with van der Waals surface area (Å²) in [5, 5.41) is 15.6. The Balaban J connectivity index is 1.76. The van der Waals surface area contributed by atoms with Crippen LogP contribution in [0.1, 0.15) is 31.7 Å². The summed E-state index contributed by atoms with van der Waals surface area (Å²) < 4.78 is 5.66. The quantitative estimate of drug-likeness (QED) is 0.767. The molecular weight excluding hydrogens is 300 g/mol. The van der Waals surface area contributed by atoms with Crippen molar-refractivity contribution in [3.8, 4) is 17.0 Å². The number of nitrogens with zero attached hydrogens (tertiary/aromatic N) is 2. The van der Waals surface area contributed by atoms with Gasteiger partial charge in [-0.1, -0.05) is 41.9 Å². The minimum absolute atomic E-state index is 0.288. The third-order valence-corrected chi connectivity index (χ3v) is 5.07. The average molecular weight is 322 g/mol. The predicted molar refractivity (Wildman–Crippen MR) is 94.8 cm³/mol. The van der Waals surface area contributed by atoms with Gasteiger partial charge in [0.2, 0.25) is 0 Å². The van der Waals surface area contributed by atoms with E-state index in [0.29, 0.717) is 18.2 Å². The molecule has 2 aromatic carbocycles. The van der Waals surface area contributed by atoms with E-state index in [1.54, 1.807) is 6.07 Å². The van der Waals surface area contributed by atoms with Gasteiger partial charge in [-0.15, -0.1) is 0 Å². The smallest absolute Gasteiger partial charge is 0.175 e. The second kappa shape index (κ2) is 6.29. The fourth-order valence-corrected chi connectivity index (χ4v) is 3.60. The summed E-state index contributed by atoms with van der Waals surface area (Å²) in [6.45, 7) is 4.02. The van der Waals surface area contributed by atoms with Crippen molar-refractivity contribution < 1.29 is 9.63 Å². The van der Waals surface area contributed by atoms with Gasteiger partial charge in [0, 0.05) is 18.2 Å². The zero-order valence-electron chi connectivity index (χ0n) is 13.9. The van der Waals surface area contributed by atoms with E-state index >= 15 is 0 Å². The van der Waals surface area contributed by atoms with Crippen LogP contribution in [0.25, 0.3) is 22.2 Å². The van der Waals surface area contributed by atoms with E-state index in [2.05, 4.69) is 17.0 Å². The number of phenolic OH excluding ortho intramolecular Hbond substituents is 1. The zero-order chi connectivity index (χ0) is 16.5. The molecule has 1 fully saturated rings. The molecule has 0 spiro atoms. The molecule has 1 saturated heterocycles. The Kier molecular flexibility index (Phi) is 3.98. The molecule has 1 aliphatic rings. The Morgan fingerprint density at radius 2 is 2.00 bits per heavy atom. The van der Waals surface area contributed by atoms with Crippen molar-refractivity contribution in [2.24, 2.45) is 0 Å². The van der Waals surface area contributed by atoms with Gasteiger partial charge < -0.3 is 9.63 Å². The highest BCUT2D eigenvalue weighted by Gasteiger charge is 2.23. The number of hydrogen-bond acceptors (Lipinski definition) is 4. The summed E-state index contributed by atoms with van der Waals surface area (Å²) in [5.74, 6) is 0.288. The Bertz CT molecular complexity index is 841. The topological polar surface area (TPSA) is 49.5 Å². The van der Waals surface area contributed by atoms with Crippen LogP contribution in [-0.2, 0) is 6.54 Å². The first-order valence-corrected chi connectivity index (χ1v) is 8.64. The van der Waals surface area contributed by atoms with Gasteiger partial charge in [0.1, 0.15) is 11.4 Å². The Labute approximate surface area is 141 Å². The van der Waals surface area contributed by atoms with Crippen LogP contribution < -0.4 is 0 Å². The Morgan fingerprint density at radius 1 is 1.17 bits per heavy atom. The molecule has 0 saturated carbocycles. The monoisotopic (exact) mass is 322 g/mol. The van der Waals surface area contributed by atoms with Gasteiger partial charge in [-0.3, -0.25) is 4.90 Å². The summed E-state index contributed by atoms with van der Waals surface area (Å²) in [4.78, 5) is 2.42. The third-order valence-electron chi connectivity index (χ3n) is 5.07. The van der Waals surface area contributed by atoms with Gasteiger partial charge in [0.15, 0.2) is 5.58 Å². The van der Waals surface area contributed by atoms with Gasteiger partial charge in [0.05, 0.1) is 10.9 Å². The number of aromatic hydroxyl groups is 1. The summed E-state index contributed by atoms with van der Waals surface area (Å²) >= 11 is 0. The van der Waals surface area contributed by atoms with E-state index in [1.807, 2.05) is 36.4 Å². The van der Waals surface area contributed by atoms with Gasteiger partial charge in [-0.05, 0) is 38.4 Å². The van der Waals surface area contributed by atoms with Crippen LogP contribution in [-0.4, -0.2) is 27.7 Å². The molecule has 4 heteroatoms. The minimum Gasteiger partial charge on any atom is -0.507 e. The summed E-state index contributed by atoms with van der Waals surface area (Å²) in [5.41, 5.74) is 3.40. The standard InChI is InChI=1S/C20H22N2O2/c1-14-7-5-6-12-22(14)13-17-18(23)11-10-16-19(21-24-20(16)17)15-8-3-2-4-9-15/h2-4,8-11,14,23H,5-7,12-13H2,1H3. The highest BCUT2D eigenvalue weighted by molar-refractivity contribution is 5.94. The van der Waals surface area contributed by atoms with Crippen LogP contribution in [0, 0.1) is 0 Å². The Hall–Kier alpha value is -2.33. The molecule has 0 radical (unpaired) electrons. The second-order valence-electron chi connectivity index (χ2n) is 6.65. The van der Waals surface area contributed by atoms with Crippen LogP contribution >= 0.6 is 0 Å². The molecule has 1 atom stereocenters. The van der Waals surface area contributed by atoms with Crippen molar-refractivity contribution in [1.29, 1.82) is 0 Å². The number of piperidine rings is 1. The van der Waals surface area contributed by atoms with Crippen LogP contribution in [0.15, 0.2) is 47.0 Å². The fourth-order valence-electron chi connectivity index (χ4n) is 3.60. The molecule has 1 unspecified atom stereocenters. The predicted octanol–water partition coefficient (Wildman–Crippen LogP) is 4.57. The number of phenols is 1.